The lowest BCUT2D eigenvalue weighted by molar-refractivity contribution is 0.537. The van der Waals surface area contributed by atoms with Gasteiger partial charge < -0.3 is 0 Å². The molecule has 5 heteroatoms. The molecule has 0 spiro atoms. The van der Waals surface area contributed by atoms with E-state index in [1.807, 2.05) is 33.8 Å². The topological polar surface area (TPSA) is 25.8 Å². The SMILES string of the molecule is Cc1c(Cl)nc(C(C)(C)C)nc1Sc1cccc(F)c1. The second kappa shape index (κ2) is 5.70. The van der Waals surface area contributed by atoms with Crippen LogP contribution in [0.3, 0.4) is 0 Å². The third-order valence-electron chi connectivity index (χ3n) is 2.72. The molecular formula is C15H16ClFN2S. The highest BCUT2D eigenvalue weighted by atomic mass is 35.5. The van der Waals surface area contributed by atoms with Crippen LogP contribution in [-0.2, 0) is 5.41 Å². The standard InChI is InChI=1S/C15H16ClFN2S/c1-9-12(16)18-14(15(2,3)4)19-13(9)20-11-7-5-6-10(17)8-11/h5-8H,1-4H3. The van der Waals surface area contributed by atoms with Gasteiger partial charge in [-0.05, 0) is 25.1 Å². The van der Waals surface area contributed by atoms with Gasteiger partial charge in [0.05, 0.1) is 0 Å². The largest absolute Gasteiger partial charge is 0.225 e. The van der Waals surface area contributed by atoms with Crippen LogP contribution in [0, 0.1) is 12.7 Å². The predicted octanol–water partition coefficient (Wildman–Crippen LogP) is 5.03. The van der Waals surface area contributed by atoms with Gasteiger partial charge in [0.2, 0.25) is 0 Å². The Hall–Kier alpha value is -1.13. The third kappa shape index (κ3) is 3.49. The zero-order chi connectivity index (χ0) is 14.9. The molecular weight excluding hydrogens is 295 g/mol. The van der Waals surface area contributed by atoms with Gasteiger partial charge in [0.25, 0.3) is 0 Å². The molecule has 0 saturated carbocycles. The highest BCUT2D eigenvalue weighted by Gasteiger charge is 2.21. The molecule has 1 aromatic heterocycles. The Kier molecular flexibility index (Phi) is 4.35. The normalized spacial score (nSPS) is 11.7. The predicted molar refractivity (Wildman–Crippen MR) is 81.0 cm³/mol. The quantitative estimate of drug-likeness (QED) is 0.728. The van der Waals surface area contributed by atoms with Crippen LogP contribution >= 0.6 is 23.4 Å². The van der Waals surface area contributed by atoms with E-state index in [9.17, 15) is 4.39 Å². The van der Waals surface area contributed by atoms with Crippen LogP contribution in [0.1, 0.15) is 32.2 Å². The zero-order valence-electron chi connectivity index (χ0n) is 11.9. The Morgan fingerprint density at radius 1 is 1.20 bits per heavy atom. The molecule has 0 aliphatic carbocycles. The van der Waals surface area contributed by atoms with Gasteiger partial charge in [0.1, 0.15) is 21.8 Å². The third-order valence-corrected chi connectivity index (χ3v) is 4.17. The van der Waals surface area contributed by atoms with E-state index < -0.39 is 0 Å². The van der Waals surface area contributed by atoms with E-state index in [4.69, 9.17) is 11.6 Å². The first-order valence-corrected chi connectivity index (χ1v) is 7.45. The van der Waals surface area contributed by atoms with Gasteiger partial charge >= 0.3 is 0 Å². The van der Waals surface area contributed by atoms with Crippen molar-refractivity contribution >= 4 is 23.4 Å². The van der Waals surface area contributed by atoms with E-state index in [0.717, 1.165) is 15.5 Å². The van der Waals surface area contributed by atoms with E-state index in [2.05, 4.69) is 9.97 Å². The van der Waals surface area contributed by atoms with Crippen LogP contribution in [0.25, 0.3) is 0 Å². The van der Waals surface area contributed by atoms with Crippen LogP contribution in [0.5, 0.6) is 0 Å². The molecule has 20 heavy (non-hydrogen) atoms. The molecule has 2 nitrogen and oxygen atoms in total. The summed E-state index contributed by atoms with van der Waals surface area (Å²) in [5.41, 5.74) is 0.628. The Labute approximate surface area is 127 Å². The van der Waals surface area contributed by atoms with Gasteiger partial charge in [0, 0.05) is 15.9 Å². The van der Waals surface area contributed by atoms with Gasteiger partial charge in [-0.2, -0.15) is 0 Å². The highest BCUT2D eigenvalue weighted by Crippen LogP contribution is 2.33. The maximum atomic E-state index is 13.2. The molecule has 0 N–H and O–H groups in total. The van der Waals surface area contributed by atoms with E-state index in [1.54, 1.807) is 6.07 Å². The molecule has 0 fully saturated rings. The van der Waals surface area contributed by atoms with Crippen molar-refractivity contribution in [1.82, 2.24) is 9.97 Å². The minimum absolute atomic E-state index is 0.186. The summed E-state index contributed by atoms with van der Waals surface area (Å²) in [5.74, 6) is 0.427. The van der Waals surface area contributed by atoms with Crippen molar-refractivity contribution in [3.05, 3.63) is 46.6 Å². The number of hydrogen-bond acceptors (Lipinski definition) is 3. The molecule has 0 unspecified atom stereocenters. The fourth-order valence-corrected chi connectivity index (χ4v) is 2.70. The second-order valence-corrected chi connectivity index (χ2v) is 7.00. The van der Waals surface area contributed by atoms with Crippen LogP contribution in [0.15, 0.2) is 34.2 Å². The summed E-state index contributed by atoms with van der Waals surface area (Å²) in [5, 5.41) is 1.21. The highest BCUT2D eigenvalue weighted by molar-refractivity contribution is 7.99. The summed E-state index contributed by atoms with van der Waals surface area (Å²) in [6.07, 6.45) is 0. The molecule has 0 aliphatic rings. The first-order valence-electron chi connectivity index (χ1n) is 6.25. The second-order valence-electron chi connectivity index (χ2n) is 5.58. The molecule has 0 bridgehead atoms. The minimum atomic E-state index is -0.260. The number of nitrogens with zero attached hydrogens (tertiary/aromatic N) is 2. The molecule has 1 heterocycles. The van der Waals surface area contributed by atoms with Crippen molar-refractivity contribution < 1.29 is 4.39 Å². The zero-order valence-corrected chi connectivity index (χ0v) is 13.4. The van der Waals surface area contributed by atoms with Crippen molar-refractivity contribution in [2.45, 2.75) is 43.0 Å². The Morgan fingerprint density at radius 2 is 1.90 bits per heavy atom. The summed E-state index contributed by atoms with van der Waals surface area (Å²) in [7, 11) is 0. The van der Waals surface area contributed by atoms with Crippen molar-refractivity contribution in [3.8, 4) is 0 Å². The molecule has 0 amide bonds. The van der Waals surface area contributed by atoms with Crippen molar-refractivity contribution in [2.75, 3.05) is 0 Å². The Morgan fingerprint density at radius 3 is 2.50 bits per heavy atom. The van der Waals surface area contributed by atoms with Gasteiger partial charge in [-0.25, -0.2) is 14.4 Å². The maximum Gasteiger partial charge on any atom is 0.136 e. The number of hydrogen-bond donors (Lipinski definition) is 0. The molecule has 0 aliphatic heterocycles. The summed E-state index contributed by atoms with van der Waals surface area (Å²) < 4.78 is 13.2. The van der Waals surface area contributed by atoms with Gasteiger partial charge in [0.15, 0.2) is 0 Å². The summed E-state index contributed by atoms with van der Waals surface area (Å²) >= 11 is 7.58. The number of benzene rings is 1. The van der Waals surface area contributed by atoms with E-state index in [0.29, 0.717) is 11.0 Å². The van der Waals surface area contributed by atoms with Gasteiger partial charge in [-0.15, -0.1) is 0 Å². The number of rotatable bonds is 2. The monoisotopic (exact) mass is 310 g/mol. The van der Waals surface area contributed by atoms with Crippen LogP contribution in [0.2, 0.25) is 5.15 Å². The fourth-order valence-electron chi connectivity index (χ4n) is 1.55. The van der Waals surface area contributed by atoms with E-state index >= 15 is 0 Å². The molecule has 106 valence electrons. The van der Waals surface area contributed by atoms with E-state index in [-0.39, 0.29) is 11.2 Å². The molecule has 2 aromatic rings. The first-order chi connectivity index (χ1) is 9.27. The van der Waals surface area contributed by atoms with Crippen LogP contribution in [-0.4, -0.2) is 9.97 Å². The molecule has 1 aromatic carbocycles. The van der Waals surface area contributed by atoms with Crippen LogP contribution < -0.4 is 0 Å². The lowest BCUT2D eigenvalue weighted by Gasteiger charge is -2.18. The number of halogens is 2. The Bertz CT molecular complexity index is 638. The lowest BCUT2D eigenvalue weighted by atomic mass is 9.96. The first kappa shape index (κ1) is 15.3. The van der Waals surface area contributed by atoms with E-state index in [1.165, 1.54) is 23.9 Å². The fraction of sp³-hybridized carbons (Fsp3) is 0.333. The molecule has 0 atom stereocenters. The summed E-state index contributed by atoms with van der Waals surface area (Å²) in [6.45, 7) is 7.97. The van der Waals surface area contributed by atoms with Gasteiger partial charge in [-0.3, -0.25) is 0 Å². The van der Waals surface area contributed by atoms with Crippen LogP contribution in [0.4, 0.5) is 4.39 Å². The lowest BCUT2D eigenvalue weighted by Crippen LogP contribution is -2.17. The van der Waals surface area contributed by atoms with Crippen molar-refractivity contribution in [3.63, 3.8) is 0 Å². The smallest absolute Gasteiger partial charge is 0.136 e. The summed E-state index contributed by atoms with van der Waals surface area (Å²) in [4.78, 5) is 9.70. The average Bonchev–Trinajstić information content (AvgIpc) is 2.33. The van der Waals surface area contributed by atoms with Crippen molar-refractivity contribution in [1.29, 1.82) is 0 Å². The maximum absolute atomic E-state index is 13.2. The molecule has 0 saturated heterocycles. The molecule has 2 rings (SSSR count). The minimum Gasteiger partial charge on any atom is -0.225 e. The average molecular weight is 311 g/mol. The van der Waals surface area contributed by atoms with Gasteiger partial charge in [-0.1, -0.05) is 50.2 Å². The Balaban J connectivity index is 2.43. The number of aromatic nitrogens is 2. The van der Waals surface area contributed by atoms with Crippen molar-refractivity contribution in [2.24, 2.45) is 0 Å². The molecule has 0 radical (unpaired) electrons. The summed E-state index contributed by atoms with van der Waals surface area (Å²) in [6, 6.07) is 6.43.